The molecule has 0 unspecified atom stereocenters. The van der Waals surface area contributed by atoms with Crippen molar-refractivity contribution in [3.8, 4) is 22.5 Å². The first-order valence-corrected chi connectivity index (χ1v) is 18.3. The van der Waals surface area contributed by atoms with Crippen LogP contribution >= 0.6 is 22.7 Å². The molecular weight excluding hydrogens is 667 g/mol. The highest BCUT2D eigenvalue weighted by Gasteiger charge is 2.21. The maximum absolute atomic E-state index is 5.33. The predicted octanol–water partition coefficient (Wildman–Crippen LogP) is 11.0. The summed E-state index contributed by atoms with van der Waals surface area (Å²) >= 11 is 3.39. The van der Waals surface area contributed by atoms with Crippen molar-refractivity contribution in [1.82, 2.24) is 34.8 Å². The predicted molar refractivity (Wildman–Crippen MR) is 211 cm³/mol. The number of imidazole rings is 1. The third-order valence-electron chi connectivity index (χ3n) is 10.0. The molecule has 12 aromatic rings. The molecule has 0 amide bonds. The monoisotopic (exact) mass is 687 g/mol. The molecule has 6 heterocycles. The van der Waals surface area contributed by atoms with Gasteiger partial charge in [0.1, 0.15) is 21.6 Å². The largest absolute Gasteiger partial charge is 0.291 e. The number of thiophene rings is 2. The van der Waals surface area contributed by atoms with Gasteiger partial charge in [0.15, 0.2) is 5.65 Å². The van der Waals surface area contributed by atoms with Gasteiger partial charge in [0.05, 0.1) is 37.2 Å². The average Bonchev–Trinajstić information content (AvgIpc) is 3.87. The Kier molecular flexibility index (Phi) is 5.41. The van der Waals surface area contributed by atoms with Crippen molar-refractivity contribution in [1.29, 1.82) is 0 Å². The number of rotatable bonds is 2. The molecule has 51 heavy (non-hydrogen) atoms. The van der Waals surface area contributed by atoms with E-state index in [0.717, 1.165) is 70.8 Å². The minimum atomic E-state index is 0.725. The molecule has 12 rings (SSSR count). The van der Waals surface area contributed by atoms with Gasteiger partial charge < -0.3 is 0 Å². The molecule has 0 aliphatic rings. The molecule has 0 N–H and O–H groups in total. The number of para-hydroxylation sites is 2. The van der Waals surface area contributed by atoms with Crippen LogP contribution < -0.4 is 0 Å². The van der Waals surface area contributed by atoms with Crippen LogP contribution in [0.5, 0.6) is 0 Å². The van der Waals surface area contributed by atoms with Crippen LogP contribution in [0.25, 0.3) is 113 Å². The van der Waals surface area contributed by atoms with Gasteiger partial charge in [0.2, 0.25) is 0 Å². The van der Waals surface area contributed by atoms with Gasteiger partial charge in [-0.15, -0.1) is 32.9 Å². The topological polar surface area (TPSA) is 81.8 Å². The highest BCUT2D eigenvalue weighted by Crippen LogP contribution is 2.44. The minimum Gasteiger partial charge on any atom is -0.291 e. The number of nitrogens with zero attached hydrogens (tertiary/aromatic N) is 7. The van der Waals surface area contributed by atoms with E-state index in [2.05, 4.69) is 123 Å². The molecule has 236 valence electrons. The third-order valence-corrected chi connectivity index (χ3v) is 12.3. The smallest absolute Gasteiger partial charge is 0.156 e. The van der Waals surface area contributed by atoms with Crippen LogP contribution in [0.2, 0.25) is 0 Å². The van der Waals surface area contributed by atoms with Crippen molar-refractivity contribution >= 4 is 113 Å². The number of hydrogen-bond donors (Lipinski definition) is 0. The van der Waals surface area contributed by atoms with Gasteiger partial charge in [-0.2, -0.15) is 0 Å². The van der Waals surface area contributed by atoms with E-state index in [0.29, 0.717) is 0 Å². The molecule has 0 atom stereocenters. The summed E-state index contributed by atoms with van der Waals surface area (Å²) in [6.07, 6.45) is 0. The van der Waals surface area contributed by atoms with Gasteiger partial charge in [0.25, 0.3) is 0 Å². The number of benzene rings is 6. The van der Waals surface area contributed by atoms with Crippen molar-refractivity contribution in [2.75, 3.05) is 0 Å². The zero-order valence-corrected chi connectivity index (χ0v) is 28.2. The van der Waals surface area contributed by atoms with E-state index in [4.69, 9.17) is 15.0 Å². The lowest BCUT2D eigenvalue weighted by molar-refractivity contribution is 0.904. The highest BCUT2D eigenvalue weighted by molar-refractivity contribution is 7.27. The Morgan fingerprint density at radius 1 is 0.471 bits per heavy atom. The van der Waals surface area contributed by atoms with E-state index in [1.54, 1.807) is 11.3 Å². The standard InChI is InChI=1S/C42H21N7S2/c1-2-9-26-20-34-32(19-25(26)8-1)44-41-39-29(28-18-17-22-7-3-4-10-27(22)38(28)50-39)21-33(49(34)41)23-13-15-24(16-14-23)35-40-36(47-48-46-35)37-42(51-40)45-31-12-6-5-11-30(31)43-37/h1-21H. The van der Waals surface area contributed by atoms with E-state index in [-0.39, 0.29) is 0 Å². The summed E-state index contributed by atoms with van der Waals surface area (Å²) in [5, 5.41) is 20.5. The van der Waals surface area contributed by atoms with Crippen LogP contribution in [0, 0.1) is 0 Å². The third kappa shape index (κ3) is 3.87. The second kappa shape index (κ2) is 10.1. The van der Waals surface area contributed by atoms with Gasteiger partial charge in [-0.1, -0.05) is 97.1 Å². The van der Waals surface area contributed by atoms with Crippen LogP contribution in [0.4, 0.5) is 0 Å². The molecule has 0 aliphatic carbocycles. The first kappa shape index (κ1) is 27.4. The summed E-state index contributed by atoms with van der Waals surface area (Å²) in [4.78, 5) is 15.9. The van der Waals surface area contributed by atoms with E-state index in [1.165, 1.54) is 41.7 Å². The van der Waals surface area contributed by atoms with E-state index in [1.807, 2.05) is 35.6 Å². The molecule has 9 heteroatoms. The second-order valence-electron chi connectivity index (χ2n) is 12.9. The van der Waals surface area contributed by atoms with E-state index < -0.39 is 0 Å². The van der Waals surface area contributed by atoms with Crippen LogP contribution in [0.3, 0.4) is 0 Å². The second-order valence-corrected chi connectivity index (χ2v) is 14.9. The van der Waals surface area contributed by atoms with E-state index >= 15 is 0 Å². The number of fused-ring (bicyclic) bond motifs is 14. The summed E-state index contributed by atoms with van der Waals surface area (Å²) < 4.78 is 5.75. The first-order valence-electron chi connectivity index (χ1n) is 16.6. The summed E-state index contributed by atoms with van der Waals surface area (Å²) in [6, 6.07) is 45.0. The molecule has 0 radical (unpaired) electrons. The Morgan fingerprint density at radius 3 is 2.08 bits per heavy atom. The van der Waals surface area contributed by atoms with Crippen molar-refractivity contribution < 1.29 is 0 Å². The summed E-state index contributed by atoms with van der Waals surface area (Å²) in [6.45, 7) is 0. The molecular formula is C42H21N7S2. The lowest BCUT2D eigenvalue weighted by Crippen LogP contribution is -1.94. The summed E-state index contributed by atoms with van der Waals surface area (Å²) in [7, 11) is 0. The first-order chi connectivity index (χ1) is 25.2. The van der Waals surface area contributed by atoms with Gasteiger partial charge >= 0.3 is 0 Å². The number of pyridine rings is 1. The minimum absolute atomic E-state index is 0.725. The van der Waals surface area contributed by atoms with Crippen molar-refractivity contribution in [3.05, 3.63) is 127 Å². The zero-order valence-electron chi connectivity index (χ0n) is 26.6. The molecule has 0 aliphatic heterocycles. The normalized spacial score (nSPS) is 12.3. The molecule has 0 saturated heterocycles. The highest BCUT2D eigenvalue weighted by atomic mass is 32.1. The molecule has 7 nitrogen and oxygen atoms in total. The number of aromatic nitrogens is 7. The van der Waals surface area contributed by atoms with Crippen molar-refractivity contribution in [2.24, 2.45) is 0 Å². The van der Waals surface area contributed by atoms with Crippen LogP contribution in [0.15, 0.2) is 127 Å². The van der Waals surface area contributed by atoms with Gasteiger partial charge in [-0.3, -0.25) is 4.40 Å². The molecule has 6 aromatic carbocycles. The molecule has 0 fully saturated rings. The lowest BCUT2D eigenvalue weighted by Gasteiger charge is -2.10. The van der Waals surface area contributed by atoms with Crippen LogP contribution in [-0.2, 0) is 0 Å². The van der Waals surface area contributed by atoms with Gasteiger partial charge in [-0.25, -0.2) is 15.0 Å². The Balaban J connectivity index is 1.10. The SMILES string of the molecule is c1ccc2cc3c(cc2c1)nc1c2sc4c5ccccc5ccc4c2cc(-c2ccc(-c4nnnc5c4sc4nc6ccccc6nc45)cc2)n31. The van der Waals surface area contributed by atoms with E-state index in [9.17, 15) is 0 Å². The Labute approximate surface area is 296 Å². The fourth-order valence-corrected chi connectivity index (χ4v) is 9.95. The maximum Gasteiger partial charge on any atom is 0.156 e. The van der Waals surface area contributed by atoms with Gasteiger partial charge in [0, 0.05) is 21.0 Å². The van der Waals surface area contributed by atoms with Crippen LogP contribution in [-0.4, -0.2) is 34.8 Å². The molecule has 0 bridgehead atoms. The summed E-state index contributed by atoms with van der Waals surface area (Å²) in [5.41, 5.74) is 10.1. The summed E-state index contributed by atoms with van der Waals surface area (Å²) in [5.74, 6) is 0. The quantitative estimate of drug-likeness (QED) is 0.180. The molecule has 0 spiro atoms. The zero-order chi connectivity index (χ0) is 33.2. The van der Waals surface area contributed by atoms with Crippen molar-refractivity contribution in [2.45, 2.75) is 0 Å². The Bertz CT molecular complexity index is 3430. The molecule has 0 saturated carbocycles. The van der Waals surface area contributed by atoms with Crippen molar-refractivity contribution in [3.63, 3.8) is 0 Å². The van der Waals surface area contributed by atoms with Crippen LogP contribution in [0.1, 0.15) is 0 Å². The fraction of sp³-hybridized carbons (Fsp3) is 0. The van der Waals surface area contributed by atoms with Gasteiger partial charge in [-0.05, 0) is 62.7 Å². The Hall–Kier alpha value is -6.42. The number of hydrogen-bond acceptors (Lipinski definition) is 8. The fourth-order valence-electron chi connectivity index (χ4n) is 7.59. The Morgan fingerprint density at radius 2 is 1.22 bits per heavy atom. The lowest BCUT2D eigenvalue weighted by atomic mass is 10.0. The average molecular weight is 688 g/mol. The molecule has 6 aromatic heterocycles. The maximum atomic E-state index is 5.33.